The average molecular weight is 647 g/mol. The van der Waals surface area contributed by atoms with Gasteiger partial charge in [0.1, 0.15) is 5.82 Å². The van der Waals surface area contributed by atoms with Gasteiger partial charge in [-0.2, -0.15) is 9.40 Å². The fourth-order valence-corrected chi connectivity index (χ4v) is 6.85. The van der Waals surface area contributed by atoms with E-state index in [2.05, 4.69) is 5.32 Å². The lowest BCUT2D eigenvalue weighted by molar-refractivity contribution is -0.123. The van der Waals surface area contributed by atoms with Gasteiger partial charge in [-0.05, 0) is 61.3 Å². The largest absolute Gasteiger partial charge is 0.390 e. The number of hydrogen-bond acceptors (Lipinski definition) is 7. The van der Waals surface area contributed by atoms with Crippen molar-refractivity contribution in [3.63, 3.8) is 0 Å². The number of carbonyl (C=O) groups excluding carboxylic acids is 2. The summed E-state index contributed by atoms with van der Waals surface area (Å²) in [7, 11) is -3.46. The number of aliphatic hydroxyl groups excluding tert-OH is 1. The molecule has 4 N–H and O–H groups in total. The Hall–Kier alpha value is -3.36. The van der Waals surface area contributed by atoms with E-state index in [1.165, 1.54) is 34.8 Å². The van der Waals surface area contributed by atoms with E-state index >= 15 is 0 Å². The molecular formula is C30H36ClFN6O5S. The molecule has 1 fully saturated rings. The predicted octanol–water partition coefficient (Wildman–Crippen LogP) is 2.15. The monoisotopic (exact) mass is 646 g/mol. The Bertz CT molecular complexity index is 1650. The van der Waals surface area contributed by atoms with Gasteiger partial charge in [-0.25, -0.2) is 12.8 Å². The van der Waals surface area contributed by atoms with Crippen LogP contribution in [0.4, 0.5) is 4.39 Å². The number of piperidine rings is 1. The Morgan fingerprint density at radius 2 is 1.93 bits per heavy atom. The smallest absolute Gasteiger partial charge is 0.251 e. The van der Waals surface area contributed by atoms with E-state index in [0.717, 1.165) is 30.6 Å². The number of nitrogens with zero attached hydrogens (tertiary/aromatic N) is 4. The number of nitrogens with one attached hydrogen (secondary N) is 1. The maximum absolute atomic E-state index is 13.3. The third-order valence-corrected chi connectivity index (χ3v) is 9.81. The number of nitrogens with two attached hydrogens (primary N) is 1. The first-order valence-corrected chi connectivity index (χ1v) is 16.7. The van der Waals surface area contributed by atoms with Gasteiger partial charge in [0.15, 0.2) is 0 Å². The van der Waals surface area contributed by atoms with Crippen LogP contribution in [0.15, 0.2) is 42.5 Å². The molecule has 11 nitrogen and oxygen atoms in total. The molecule has 2 aliphatic heterocycles. The van der Waals surface area contributed by atoms with Gasteiger partial charge in [0.05, 0.1) is 30.5 Å². The molecule has 0 saturated carbocycles. The van der Waals surface area contributed by atoms with Gasteiger partial charge in [-0.15, -0.1) is 0 Å². The molecule has 0 bridgehead atoms. The lowest BCUT2D eigenvalue weighted by atomic mass is 9.97. The normalized spacial score (nSPS) is 18.5. The number of primary amides is 1. The molecule has 44 heavy (non-hydrogen) atoms. The highest BCUT2D eigenvalue weighted by atomic mass is 35.5. The second-order valence-corrected chi connectivity index (χ2v) is 13.8. The molecule has 1 aromatic heterocycles. The van der Waals surface area contributed by atoms with E-state index < -0.39 is 21.9 Å². The van der Waals surface area contributed by atoms with Gasteiger partial charge in [0.25, 0.3) is 5.91 Å². The lowest BCUT2D eigenvalue weighted by Crippen LogP contribution is -2.45. The highest BCUT2D eigenvalue weighted by molar-refractivity contribution is 7.88. The zero-order valence-electron chi connectivity index (χ0n) is 24.4. The Kier molecular flexibility index (Phi) is 9.71. The van der Waals surface area contributed by atoms with Gasteiger partial charge in [-0.3, -0.25) is 19.2 Å². The van der Waals surface area contributed by atoms with Crippen molar-refractivity contribution in [1.82, 2.24) is 24.3 Å². The number of benzene rings is 2. The fraction of sp³-hybridized carbons (Fsp3) is 0.433. The third-order valence-electron chi connectivity index (χ3n) is 8.19. The van der Waals surface area contributed by atoms with Crippen LogP contribution in [0.3, 0.4) is 0 Å². The molecule has 5 rings (SSSR count). The highest BCUT2D eigenvalue weighted by Crippen LogP contribution is 2.33. The van der Waals surface area contributed by atoms with Gasteiger partial charge in [-0.1, -0.05) is 17.7 Å². The molecule has 3 aromatic rings. The Labute approximate surface area is 260 Å². The predicted molar refractivity (Wildman–Crippen MR) is 164 cm³/mol. The zero-order chi connectivity index (χ0) is 31.6. The van der Waals surface area contributed by atoms with Crippen LogP contribution in [-0.4, -0.2) is 82.9 Å². The lowest BCUT2D eigenvalue weighted by Gasteiger charge is -2.32. The quantitative estimate of drug-likeness (QED) is 0.305. The van der Waals surface area contributed by atoms with Gasteiger partial charge < -0.3 is 16.2 Å². The SMILES string of the molecule is CS(=O)(=O)N1CCc2c(c(-c3ccc(Cl)c(CNC(=O)c4ccc(F)cc4)c3)nn2CC(O)CN2CCCC(C(N)=O)C2)C1. The Morgan fingerprint density at radius 3 is 2.64 bits per heavy atom. The minimum absolute atomic E-state index is 0.0993. The van der Waals surface area contributed by atoms with Crippen molar-refractivity contribution in [2.45, 2.75) is 45.0 Å². The number of halogens is 2. The van der Waals surface area contributed by atoms with Crippen molar-refractivity contribution in [2.24, 2.45) is 11.7 Å². The number of carbonyl (C=O) groups is 2. The third kappa shape index (κ3) is 7.46. The minimum Gasteiger partial charge on any atom is -0.390 e. The first-order valence-electron chi connectivity index (χ1n) is 14.4. The molecule has 0 aliphatic carbocycles. The summed E-state index contributed by atoms with van der Waals surface area (Å²) < 4.78 is 41.3. The van der Waals surface area contributed by atoms with E-state index in [1.807, 2.05) is 4.90 Å². The second kappa shape index (κ2) is 13.3. The van der Waals surface area contributed by atoms with Crippen LogP contribution in [-0.2, 0) is 40.9 Å². The summed E-state index contributed by atoms with van der Waals surface area (Å²) in [6.45, 7) is 2.32. The van der Waals surface area contributed by atoms with Crippen molar-refractivity contribution in [1.29, 1.82) is 0 Å². The van der Waals surface area contributed by atoms with Crippen LogP contribution < -0.4 is 11.1 Å². The molecular weight excluding hydrogens is 611 g/mol. The number of hydrogen-bond donors (Lipinski definition) is 3. The minimum atomic E-state index is -3.46. The number of sulfonamides is 1. The van der Waals surface area contributed by atoms with Crippen molar-refractivity contribution in [3.05, 3.63) is 75.7 Å². The number of fused-ring (bicyclic) bond motifs is 1. The molecule has 1 saturated heterocycles. The molecule has 2 unspecified atom stereocenters. The van der Waals surface area contributed by atoms with Gasteiger partial charge >= 0.3 is 0 Å². The first kappa shape index (κ1) is 32.0. The molecule has 0 radical (unpaired) electrons. The molecule has 236 valence electrons. The van der Waals surface area contributed by atoms with E-state index in [4.69, 9.17) is 22.4 Å². The summed E-state index contributed by atoms with van der Waals surface area (Å²) in [6, 6.07) is 10.5. The molecule has 0 spiro atoms. The molecule has 2 amide bonds. The second-order valence-electron chi connectivity index (χ2n) is 11.5. The molecule has 2 aromatic carbocycles. The van der Waals surface area contributed by atoms with Crippen molar-refractivity contribution >= 4 is 33.4 Å². The number of aliphatic hydroxyl groups is 1. The van der Waals surface area contributed by atoms with Crippen LogP contribution in [0, 0.1) is 11.7 Å². The zero-order valence-corrected chi connectivity index (χ0v) is 26.0. The highest BCUT2D eigenvalue weighted by Gasteiger charge is 2.31. The molecule has 2 atom stereocenters. The van der Waals surface area contributed by atoms with Crippen molar-refractivity contribution in [2.75, 3.05) is 32.4 Å². The number of aromatic nitrogens is 2. The topological polar surface area (TPSA) is 151 Å². The fourth-order valence-electron chi connectivity index (χ4n) is 5.88. The van der Waals surface area contributed by atoms with Crippen molar-refractivity contribution < 1.29 is 27.5 Å². The Morgan fingerprint density at radius 1 is 1.18 bits per heavy atom. The number of rotatable bonds is 10. The van der Waals surface area contributed by atoms with Crippen LogP contribution in [0.5, 0.6) is 0 Å². The van der Waals surface area contributed by atoms with Crippen LogP contribution in [0.1, 0.15) is 40.0 Å². The van der Waals surface area contributed by atoms with Crippen LogP contribution in [0.25, 0.3) is 11.3 Å². The van der Waals surface area contributed by atoms with E-state index in [1.54, 1.807) is 22.9 Å². The maximum atomic E-state index is 13.3. The summed E-state index contributed by atoms with van der Waals surface area (Å²) >= 11 is 6.48. The Balaban J connectivity index is 1.39. The average Bonchev–Trinajstić information content (AvgIpc) is 3.34. The summed E-state index contributed by atoms with van der Waals surface area (Å²) in [5.41, 5.74) is 9.27. The van der Waals surface area contributed by atoms with Crippen LogP contribution in [0.2, 0.25) is 5.02 Å². The molecule has 14 heteroatoms. The van der Waals surface area contributed by atoms with Crippen LogP contribution >= 0.6 is 11.6 Å². The maximum Gasteiger partial charge on any atom is 0.251 e. The summed E-state index contributed by atoms with van der Waals surface area (Å²) in [6.07, 6.45) is 2.38. The number of β-amino-alcohol motifs (C(OH)–C–C–N with tert-alkyl or cyclic N) is 1. The first-order chi connectivity index (χ1) is 20.9. The van der Waals surface area contributed by atoms with E-state index in [9.17, 15) is 27.5 Å². The van der Waals surface area contributed by atoms with E-state index in [-0.39, 0.29) is 37.4 Å². The summed E-state index contributed by atoms with van der Waals surface area (Å²) in [4.78, 5) is 26.3. The van der Waals surface area contributed by atoms with Gasteiger partial charge in [0, 0.05) is 66.6 Å². The standard InChI is InChI=1S/C30H36ClFN6O5S/c1-44(42,43)37-12-10-27-25(18-37)28(35-38(27)17-24(39)16-36-11-2-3-21(15-36)29(33)40)20-6-9-26(31)22(13-20)14-34-30(41)19-4-7-23(32)8-5-19/h4-9,13,21,24,39H,2-3,10-12,14-18H2,1H3,(H2,33,40)(H,34,41). The van der Waals surface area contributed by atoms with E-state index in [0.29, 0.717) is 53.5 Å². The summed E-state index contributed by atoms with van der Waals surface area (Å²) in [5.74, 6) is -1.39. The molecule has 2 aliphatic rings. The molecule has 3 heterocycles. The summed E-state index contributed by atoms with van der Waals surface area (Å²) in [5, 5.41) is 19.1. The number of amides is 2. The van der Waals surface area contributed by atoms with Crippen molar-refractivity contribution in [3.8, 4) is 11.3 Å². The van der Waals surface area contributed by atoms with Gasteiger partial charge in [0.2, 0.25) is 15.9 Å². The number of likely N-dealkylation sites (tertiary alicyclic amines) is 1.